The number of methoxy groups -OCH3 is 2. The summed E-state index contributed by atoms with van der Waals surface area (Å²) in [5.74, 6) is 0.951. The molecule has 1 aromatic rings. The van der Waals surface area contributed by atoms with Crippen LogP contribution in [0.1, 0.15) is 25.8 Å². The van der Waals surface area contributed by atoms with Crippen molar-refractivity contribution in [1.29, 1.82) is 0 Å². The van der Waals surface area contributed by atoms with Gasteiger partial charge in [0.2, 0.25) is 11.8 Å². The molecule has 0 saturated heterocycles. The standard InChI is InChI=1S/C16H24N2O4/c1-5-17-16(20)11(2)18-15(19)9-7-12-6-8-13(21-3)14(10-12)22-4/h6,8,10-11H,5,7,9H2,1-4H3,(H,17,20)(H,18,19)/t11-/m1/s1. The number of carbonyl (C=O) groups is 2. The van der Waals surface area contributed by atoms with Gasteiger partial charge in [-0.05, 0) is 38.0 Å². The number of benzene rings is 1. The van der Waals surface area contributed by atoms with E-state index in [0.717, 1.165) is 5.56 Å². The summed E-state index contributed by atoms with van der Waals surface area (Å²) in [4.78, 5) is 23.4. The molecule has 0 saturated carbocycles. The molecule has 122 valence electrons. The zero-order valence-electron chi connectivity index (χ0n) is 13.6. The quantitative estimate of drug-likeness (QED) is 0.758. The van der Waals surface area contributed by atoms with Gasteiger partial charge in [0.25, 0.3) is 0 Å². The van der Waals surface area contributed by atoms with Crippen molar-refractivity contribution in [3.8, 4) is 11.5 Å². The zero-order valence-corrected chi connectivity index (χ0v) is 13.6. The molecule has 0 unspecified atom stereocenters. The number of ether oxygens (including phenoxy) is 2. The molecule has 0 aliphatic carbocycles. The van der Waals surface area contributed by atoms with Gasteiger partial charge in [-0.3, -0.25) is 9.59 Å². The van der Waals surface area contributed by atoms with Crippen molar-refractivity contribution in [1.82, 2.24) is 10.6 Å². The minimum atomic E-state index is -0.530. The Kier molecular flexibility index (Phi) is 7.22. The highest BCUT2D eigenvalue weighted by atomic mass is 16.5. The second-order valence-electron chi connectivity index (χ2n) is 4.87. The van der Waals surface area contributed by atoms with Gasteiger partial charge in [0.1, 0.15) is 6.04 Å². The molecule has 0 aliphatic rings. The Labute approximate surface area is 131 Å². The number of hydrogen-bond donors (Lipinski definition) is 2. The lowest BCUT2D eigenvalue weighted by Crippen LogP contribution is -2.44. The van der Waals surface area contributed by atoms with Crippen molar-refractivity contribution in [2.45, 2.75) is 32.7 Å². The summed E-state index contributed by atoms with van der Waals surface area (Å²) in [6.45, 7) is 4.05. The lowest BCUT2D eigenvalue weighted by molar-refractivity contribution is -0.128. The van der Waals surface area contributed by atoms with Gasteiger partial charge < -0.3 is 20.1 Å². The van der Waals surface area contributed by atoms with Crippen molar-refractivity contribution in [3.05, 3.63) is 23.8 Å². The second kappa shape index (κ2) is 8.92. The lowest BCUT2D eigenvalue weighted by Gasteiger charge is -2.13. The number of likely N-dealkylation sites (N-methyl/N-ethyl adjacent to an activating group) is 1. The Hall–Kier alpha value is -2.24. The van der Waals surface area contributed by atoms with Crippen LogP contribution >= 0.6 is 0 Å². The summed E-state index contributed by atoms with van der Waals surface area (Å²) in [6.07, 6.45) is 0.869. The van der Waals surface area contributed by atoms with E-state index in [-0.39, 0.29) is 11.8 Å². The summed E-state index contributed by atoms with van der Waals surface area (Å²) in [5, 5.41) is 5.35. The van der Waals surface area contributed by atoms with E-state index in [1.165, 1.54) is 0 Å². The molecule has 6 nitrogen and oxygen atoms in total. The molecule has 22 heavy (non-hydrogen) atoms. The predicted molar refractivity (Wildman–Crippen MR) is 84.2 cm³/mol. The molecule has 0 radical (unpaired) electrons. The van der Waals surface area contributed by atoms with E-state index < -0.39 is 6.04 Å². The van der Waals surface area contributed by atoms with Crippen molar-refractivity contribution < 1.29 is 19.1 Å². The van der Waals surface area contributed by atoms with Crippen LogP contribution in [0.4, 0.5) is 0 Å². The highest BCUT2D eigenvalue weighted by Gasteiger charge is 2.14. The topological polar surface area (TPSA) is 76.7 Å². The van der Waals surface area contributed by atoms with E-state index >= 15 is 0 Å². The Morgan fingerprint density at radius 3 is 2.45 bits per heavy atom. The average molecular weight is 308 g/mol. The van der Waals surface area contributed by atoms with Gasteiger partial charge in [-0.25, -0.2) is 0 Å². The van der Waals surface area contributed by atoms with Crippen LogP contribution in [0.15, 0.2) is 18.2 Å². The van der Waals surface area contributed by atoms with Gasteiger partial charge in [-0.1, -0.05) is 6.07 Å². The smallest absolute Gasteiger partial charge is 0.242 e. The Morgan fingerprint density at radius 2 is 1.86 bits per heavy atom. The van der Waals surface area contributed by atoms with Gasteiger partial charge in [0.05, 0.1) is 14.2 Å². The number of amides is 2. The van der Waals surface area contributed by atoms with Crippen LogP contribution in [-0.2, 0) is 16.0 Å². The largest absolute Gasteiger partial charge is 0.493 e. The molecular weight excluding hydrogens is 284 g/mol. The van der Waals surface area contributed by atoms with Gasteiger partial charge in [-0.15, -0.1) is 0 Å². The van der Waals surface area contributed by atoms with Gasteiger partial charge in [0, 0.05) is 13.0 Å². The minimum absolute atomic E-state index is 0.159. The van der Waals surface area contributed by atoms with Crippen molar-refractivity contribution in [3.63, 3.8) is 0 Å². The third kappa shape index (κ3) is 5.27. The second-order valence-corrected chi connectivity index (χ2v) is 4.87. The summed E-state index contributed by atoms with van der Waals surface area (Å²) in [5.41, 5.74) is 0.971. The molecular formula is C16H24N2O4. The molecule has 0 aliphatic heterocycles. The first-order valence-corrected chi connectivity index (χ1v) is 7.29. The summed E-state index contributed by atoms with van der Waals surface area (Å²) in [6, 6.07) is 5.02. The van der Waals surface area contributed by atoms with Gasteiger partial charge in [-0.2, -0.15) is 0 Å². The van der Waals surface area contributed by atoms with Gasteiger partial charge in [0.15, 0.2) is 11.5 Å². The first kappa shape index (κ1) is 17.8. The molecule has 6 heteroatoms. The Balaban J connectivity index is 2.52. The first-order valence-electron chi connectivity index (χ1n) is 7.29. The number of rotatable bonds is 8. The fourth-order valence-electron chi connectivity index (χ4n) is 2.00. The van der Waals surface area contributed by atoms with Crippen LogP contribution in [0.5, 0.6) is 11.5 Å². The Morgan fingerprint density at radius 1 is 1.18 bits per heavy atom. The lowest BCUT2D eigenvalue weighted by atomic mass is 10.1. The van der Waals surface area contributed by atoms with Crippen LogP contribution < -0.4 is 20.1 Å². The minimum Gasteiger partial charge on any atom is -0.493 e. The van der Waals surface area contributed by atoms with Crippen LogP contribution in [0.2, 0.25) is 0 Å². The Bertz CT molecular complexity index is 517. The normalized spacial score (nSPS) is 11.5. The number of aryl methyl sites for hydroxylation is 1. The van der Waals surface area contributed by atoms with Crippen LogP contribution in [-0.4, -0.2) is 38.6 Å². The van der Waals surface area contributed by atoms with Gasteiger partial charge >= 0.3 is 0 Å². The molecule has 1 atom stereocenters. The van der Waals surface area contributed by atoms with Crippen molar-refractivity contribution in [2.75, 3.05) is 20.8 Å². The molecule has 0 aromatic heterocycles. The van der Waals surface area contributed by atoms with E-state index in [4.69, 9.17) is 9.47 Å². The van der Waals surface area contributed by atoms with Crippen LogP contribution in [0.25, 0.3) is 0 Å². The maximum Gasteiger partial charge on any atom is 0.242 e. The first-order chi connectivity index (χ1) is 10.5. The zero-order chi connectivity index (χ0) is 16.5. The van der Waals surface area contributed by atoms with Crippen molar-refractivity contribution in [2.24, 2.45) is 0 Å². The third-order valence-electron chi connectivity index (χ3n) is 3.21. The van der Waals surface area contributed by atoms with E-state index in [1.807, 2.05) is 25.1 Å². The van der Waals surface area contributed by atoms with E-state index in [9.17, 15) is 9.59 Å². The maximum absolute atomic E-state index is 11.9. The molecule has 2 N–H and O–H groups in total. The monoisotopic (exact) mass is 308 g/mol. The van der Waals surface area contributed by atoms with Crippen molar-refractivity contribution >= 4 is 11.8 Å². The molecule has 0 spiro atoms. The number of carbonyl (C=O) groups excluding carboxylic acids is 2. The van der Waals surface area contributed by atoms with E-state index in [2.05, 4.69) is 10.6 Å². The fourth-order valence-corrected chi connectivity index (χ4v) is 2.00. The van der Waals surface area contributed by atoms with Crippen LogP contribution in [0.3, 0.4) is 0 Å². The number of hydrogen-bond acceptors (Lipinski definition) is 4. The molecule has 0 fully saturated rings. The van der Waals surface area contributed by atoms with E-state index in [1.54, 1.807) is 21.1 Å². The summed E-state index contributed by atoms with van der Waals surface area (Å²) >= 11 is 0. The molecule has 1 rings (SSSR count). The SMILES string of the molecule is CCNC(=O)[C@@H](C)NC(=O)CCc1ccc(OC)c(OC)c1. The average Bonchev–Trinajstić information content (AvgIpc) is 2.52. The maximum atomic E-state index is 11.9. The highest BCUT2D eigenvalue weighted by Crippen LogP contribution is 2.27. The highest BCUT2D eigenvalue weighted by molar-refractivity contribution is 5.87. The number of nitrogens with one attached hydrogen (secondary N) is 2. The van der Waals surface area contributed by atoms with E-state index in [0.29, 0.717) is 30.9 Å². The molecule has 2 amide bonds. The molecule has 0 bridgehead atoms. The predicted octanol–water partition coefficient (Wildman–Crippen LogP) is 1.28. The summed E-state index contributed by atoms with van der Waals surface area (Å²) < 4.78 is 10.4. The molecule has 1 aromatic carbocycles. The summed E-state index contributed by atoms with van der Waals surface area (Å²) in [7, 11) is 3.15. The fraction of sp³-hybridized carbons (Fsp3) is 0.500. The third-order valence-corrected chi connectivity index (χ3v) is 3.21. The molecule has 0 heterocycles. The van der Waals surface area contributed by atoms with Crippen LogP contribution in [0, 0.1) is 0 Å².